The zero-order valence-electron chi connectivity index (χ0n) is 18.5. The van der Waals surface area contributed by atoms with Crippen molar-refractivity contribution in [3.8, 4) is 34.3 Å². The van der Waals surface area contributed by atoms with Crippen molar-refractivity contribution >= 4 is 34.8 Å². The average molecular weight is 489 g/mol. The highest BCUT2D eigenvalue weighted by Gasteiger charge is 2.18. The fraction of sp³-hybridized carbons (Fsp3) is 0.0800. The van der Waals surface area contributed by atoms with Gasteiger partial charge in [-0.15, -0.1) is 11.3 Å². The van der Waals surface area contributed by atoms with Crippen LogP contribution in [0.3, 0.4) is 0 Å². The second kappa shape index (κ2) is 8.99. The Morgan fingerprint density at radius 3 is 2.66 bits per heavy atom. The number of nitrogens with zero attached hydrogens (tertiary/aromatic N) is 3. The summed E-state index contributed by atoms with van der Waals surface area (Å²) in [5.74, 6) is -1.20. The number of rotatable bonds is 4. The van der Waals surface area contributed by atoms with E-state index in [4.69, 9.17) is 9.73 Å². The van der Waals surface area contributed by atoms with Crippen LogP contribution in [0.2, 0.25) is 0 Å². The largest absolute Gasteiger partial charge is 0.504 e. The van der Waals surface area contributed by atoms with Crippen LogP contribution in [-0.2, 0) is 4.79 Å². The number of carbonyl (C=O) groups is 1. The number of thiazole rings is 1. The summed E-state index contributed by atoms with van der Waals surface area (Å²) in [5.41, 5.74) is 4.05. The molecule has 4 aromatic rings. The van der Waals surface area contributed by atoms with Crippen LogP contribution >= 0.6 is 11.3 Å². The first-order valence-corrected chi connectivity index (χ1v) is 11.4. The van der Waals surface area contributed by atoms with E-state index in [1.54, 1.807) is 16.8 Å². The van der Waals surface area contributed by atoms with Crippen molar-refractivity contribution in [3.05, 3.63) is 75.9 Å². The molecule has 1 aromatic heterocycles. The Bertz CT molecular complexity index is 1540. The van der Waals surface area contributed by atoms with Crippen LogP contribution in [0, 0.1) is 6.92 Å². The highest BCUT2D eigenvalue weighted by molar-refractivity contribution is 7.07. The van der Waals surface area contributed by atoms with E-state index in [2.05, 4.69) is 10.4 Å². The number of phenolic OH excluding ortho intramolecular Hbond substituents is 3. The molecular weight excluding hydrogens is 468 g/mol. The van der Waals surface area contributed by atoms with Crippen LogP contribution in [0.25, 0.3) is 11.3 Å². The molecule has 0 saturated carbocycles. The van der Waals surface area contributed by atoms with Crippen LogP contribution in [0.1, 0.15) is 11.1 Å². The molecule has 0 atom stereocenters. The normalized spacial score (nSPS) is 13.5. The highest BCUT2D eigenvalue weighted by Crippen LogP contribution is 2.36. The Balaban J connectivity index is 1.64. The maximum atomic E-state index is 11.8. The van der Waals surface area contributed by atoms with Crippen molar-refractivity contribution in [1.29, 1.82) is 0 Å². The monoisotopic (exact) mass is 488 g/mol. The number of hydrogen-bond acceptors (Lipinski definition) is 8. The minimum absolute atomic E-state index is 0.0301. The van der Waals surface area contributed by atoms with Crippen molar-refractivity contribution in [1.82, 2.24) is 4.68 Å². The van der Waals surface area contributed by atoms with Crippen LogP contribution < -0.4 is 14.9 Å². The number of hydrogen-bond donors (Lipinski definition) is 4. The third-order valence-electron chi connectivity index (χ3n) is 5.33. The van der Waals surface area contributed by atoms with Crippen molar-refractivity contribution in [3.63, 3.8) is 0 Å². The van der Waals surface area contributed by atoms with E-state index in [0.29, 0.717) is 21.9 Å². The molecular formula is C25H20N4O5S. The molecule has 0 radical (unpaired) electrons. The van der Waals surface area contributed by atoms with Gasteiger partial charge in [-0.2, -0.15) is 5.10 Å². The van der Waals surface area contributed by atoms with Gasteiger partial charge >= 0.3 is 0 Å². The molecule has 176 valence electrons. The minimum atomic E-state index is -0.625. The molecule has 1 aliphatic rings. The fourth-order valence-corrected chi connectivity index (χ4v) is 4.32. The topological polar surface area (TPSA) is 129 Å². The lowest BCUT2D eigenvalue weighted by molar-refractivity contribution is -0.118. The third kappa shape index (κ3) is 4.46. The second-order valence-corrected chi connectivity index (χ2v) is 8.66. The molecule has 35 heavy (non-hydrogen) atoms. The van der Waals surface area contributed by atoms with Gasteiger partial charge in [-0.1, -0.05) is 17.7 Å². The predicted octanol–water partition coefficient (Wildman–Crippen LogP) is 4.09. The summed E-state index contributed by atoms with van der Waals surface area (Å²) < 4.78 is 7.05. The molecule has 4 N–H and O–H groups in total. The molecule has 0 fully saturated rings. The van der Waals surface area contributed by atoms with Crippen molar-refractivity contribution in [2.24, 2.45) is 10.1 Å². The van der Waals surface area contributed by atoms with Crippen LogP contribution in [-0.4, -0.2) is 38.7 Å². The van der Waals surface area contributed by atoms with E-state index in [-0.39, 0.29) is 18.1 Å². The minimum Gasteiger partial charge on any atom is -0.504 e. The second-order valence-electron chi connectivity index (χ2n) is 7.83. The molecule has 1 aliphatic heterocycles. The smallest absolute Gasteiger partial charge is 0.262 e. The van der Waals surface area contributed by atoms with Gasteiger partial charge in [-0.05, 0) is 49.4 Å². The SMILES string of the molecule is Cc1ccc(N=c2scc(-c3ccc4c(c3)NC(=O)CO4)n2N=Cc2ccc(O)c(O)c2O)cc1. The zero-order chi connectivity index (χ0) is 24.5. The maximum Gasteiger partial charge on any atom is 0.262 e. The third-order valence-corrected chi connectivity index (χ3v) is 6.14. The lowest BCUT2D eigenvalue weighted by Gasteiger charge is -2.18. The highest BCUT2D eigenvalue weighted by atomic mass is 32.1. The van der Waals surface area contributed by atoms with Gasteiger partial charge in [-0.25, -0.2) is 9.67 Å². The van der Waals surface area contributed by atoms with E-state index in [9.17, 15) is 20.1 Å². The Morgan fingerprint density at radius 1 is 1.06 bits per heavy atom. The zero-order valence-corrected chi connectivity index (χ0v) is 19.3. The fourth-order valence-electron chi connectivity index (χ4n) is 3.47. The molecule has 2 heterocycles. The molecule has 0 aliphatic carbocycles. The van der Waals surface area contributed by atoms with Crippen molar-refractivity contribution in [2.75, 3.05) is 11.9 Å². The van der Waals surface area contributed by atoms with Crippen LogP contribution in [0.4, 0.5) is 11.4 Å². The summed E-state index contributed by atoms with van der Waals surface area (Å²) in [5, 5.41) is 38.9. The summed E-state index contributed by atoms with van der Waals surface area (Å²) in [7, 11) is 0. The van der Waals surface area contributed by atoms with Gasteiger partial charge in [0.05, 0.1) is 23.3 Å². The summed E-state index contributed by atoms with van der Waals surface area (Å²) in [6.45, 7) is 1.97. The summed E-state index contributed by atoms with van der Waals surface area (Å²) in [6.07, 6.45) is 1.36. The molecule has 5 rings (SSSR count). The Labute approximate surface area is 203 Å². The standard InChI is InChI=1S/C25H20N4O5S/c1-14-2-6-17(7-3-14)27-25-29(26-11-16-4-8-20(30)24(33)23(16)32)19(13-35-25)15-5-9-21-18(10-15)28-22(31)12-34-21/h2-11,13,30,32-33H,12H2,1H3,(H,28,31). The van der Waals surface area contributed by atoms with Crippen LogP contribution in [0.15, 0.2) is 70.1 Å². The van der Waals surface area contributed by atoms with E-state index >= 15 is 0 Å². The number of aromatic nitrogens is 1. The van der Waals surface area contributed by atoms with Gasteiger partial charge in [0.2, 0.25) is 10.6 Å². The Kier molecular flexibility index (Phi) is 5.71. The number of amides is 1. The van der Waals surface area contributed by atoms with Gasteiger partial charge in [0.1, 0.15) is 5.75 Å². The maximum absolute atomic E-state index is 11.8. The number of aryl methyl sites for hydroxylation is 1. The van der Waals surface area contributed by atoms with Gasteiger partial charge in [0, 0.05) is 16.5 Å². The first-order chi connectivity index (χ1) is 16.9. The molecule has 10 heteroatoms. The molecule has 3 aromatic carbocycles. The lowest BCUT2D eigenvalue weighted by Crippen LogP contribution is -2.25. The van der Waals surface area contributed by atoms with E-state index in [0.717, 1.165) is 16.8 Å². The first-order valence-electron chi connectivity index (χ1n) is 10.6. The molecule has 0 saturated heterocycles. The Hall–Kier alpha value is -4.57. The predicted molar refractivity (Wildman–Crippen MR) is 133 cm³/mol. The van der Waals surface area contributed by atoms with Crippen molar-refractivity contribution < 1.29 is 24.9 Å². The number of nitrogens with one attached hydrogen (secondary N) is 1. The molecule has 0 spiro atoms. The first kappa shape index (κ1) is 22.2. The molecule has 9 nitrogen and oxygen atoms in total. The summed E-state index contributed by atoms with van der Waals surface area (Å²) >= 11 is 1.36. The molecule has 0 unspecified atom stereocenters. The number of ether oxygens (including phenoxy) is 1. The van der Waals surface area contributed by atoms with Crippen LogP contribution in [0.5, 0.6) is 23.0 Å². The quantitative estimate of drug-likeness (QED) is 0.254. The number of phenols is 3. The average Bonchev–Trinajstić information content (AvgIpc) is 3.25. The number of benzene rings is 3. The number of anilines is 1. The molecule has 1 amide bonds. The van der Waals surface area contributed by atoms with Gasteiger partial charge in [-0.3, -0.25) is 4.79 Å². The van der Waals surface area contributed by atoms with Crippen molar-refractivity contribution in [2.45, 2.75) is 6.92 Å². The lowest BCUT2D eigenvalue weighted by atomic mass is 10.1. The Morgan fingerprint density at radius 2 is 1.86 bits per heavy atom. The van der Waals surface area contributed by atoms with E-state index in [1.165, 1.54) is 29.7 Å². The number of carbonyl (C=O) groups excluding carboxylic acids is 1. The summed E-state index contributed by atoms with van der Waals surface area (Å²) in [6, 6.07) is 15.8. The van der Waals surface area contributed by atoms with E-state index in [1.807, 2.05) is 42.6 Å². The van der Waals surface area contributed by atoms with Gasteiger partial charge in [0.15, 0.2) is 18.1 Å². The van der Waals surface area contributed by atoms with Gasteiger partial charge < -0.3 is 25.4 Å². The summed E-state index contributed by atoms with van der Waals surface area (Å²) in [4.78, 5) is 17.0. The number of aromatic hydroxyl groups is 3. The molecule has 0 bridgehead atoms. The number of fused-ring (bicyclic) bond motifs is 1. The van der Waals surface area contributed by atoms with E-state index < -0.39 is 17.2 Å². The van der Waals surface area contributed by atoms with Gasteiger partial charge in [0.25, 0.3) is 5.91 Å².